The van der Waals surface area contributed by atoms with Crippen molar-refractivity contribution < 1.29 is 9.90 Å². The first-order valence-electron chi connectivity index (χ1n) is 6.90. The molecule has 0 saturated carbocycles. The first-order chi connectivity index (χ1) is 9.10. The second-order valence-electron chi connectivity index (χ2n) is 5.28. The highest BCUT2D eigenvalue weighted by molar-refractivity contribution is 5.94. The van der Waals surface area contributed by atoms with Crippen LogP contribution in [0.5, 0.6) is 0 Å². The Balaban J connectivity index is 1.98. The van der Waals surface area contributed by atoms with Crippen LogP contribution in [0.3, 0.4) is 0 Å². The van der Waals surface area contributed by atoms with Crippen molar-refractivity contribution in [2.45, 2.75) is 20.3 Å². The summed E-state index contributed by atoms with van der Waals surface area (Å²) in [7, 11) is 0. The normalized spacial score (nSPS) is 19.6. The van der Waals surface area contributed by atoms with Crippen LogP contribution >= 0.6 is 0 Å². The zero-order chi connectivity index (χ0) is 13.8. The summed E-state index contributed by atoms with van der Waals surface area (Å²) in [6.07, 6.45) is 1.19. The average molecular weight is 262 g/mol. The molecule has 1 heterocycles. The van der Waals surface area contributed by atoms with Crippen LogP contribution in [0.2, 0.25) is 0 Å². The Hall–Kier alpha value is -1.55. The summed E-state index contributed by atoms with van der Waals surface area (Å²) in [4.78, 5) is 13.7. The standard InChI is InChI=1S/C15H22N2O2/c1-3-17-7-6-12(10-17)9-16-14-5-4-11(2)8-13(14)15(18)19/h4-5,8,12,16H,3,6-7,9-10H2,1-2H3,(H,18,19). The van der Waals surface area contributed by atoms with E-state index in [1.54, 1.807) is 6.07 Å². The van der Waals surface area contributed by atoms with Gasteiger partial charge < -0.3 is 15.3 Å². The molecule has 2 rings (SSSR count). The Kier molecular flexibility index (Phi) is 4.43. The van der Waals surface area contributed by atoms with Crippen LogP contribution in [0.1, 0.15) is 29.3 Å². The third kappa shape index (κ3) is 3.47. The van der Waals surface area contributed by atoms with Crippen molar-refractivity contribution >= 4 is 11.7 Å². The molecule has 1 atom stereocenters. The number of hydrogen-bond donors (Lipinski definition) is 2. The SMILES string of the molecule is CCN1CCC(CNc2ccc(C)cc2C(=O)O)C1. The minimum atomic E-state index is -0.868. The Bertz CT molecular complexity index is 459. The second-order valence-corrected chi connectivity index (χ2v) is 5.28. The highest BCUT2D eigenvalue weighted by Crippen LogP contribution is 2.20. The number of nitrogens with one attached hydrogen (secondary N) is 1. The van der Waals surface area contributed by atoms with Gasteiger partial charge in [-0.3, -0.25) is 0 Å². The molecule has 1 aromatic rings. The Morgan fingerprint density at radius 3 is 2.95 bits per heavy atom. The zero-order valence-electron chi connectivity index (χ0n) is 11.6. The number of aryl methyl sites for hydroxylation is 1. The van der Waals surface area contributed by atoms with Gasteiger partial charge in [0, 0.05) is 18.8 Å². The number of likely N-dealkylation sites (tertiary alicyclic amines) is 1. The molecule has 0 aromatic heterocycles. The average Bonchev–Trinajstić information content (AvgIpc) is 2.85. The largest absolute Gasteiger partial charge is 0.478 e. The third-order valence-electron chi connectivity index (χ3n) is 3.80. The lowest BCUT2D eigenvalue weighted by Gasteiger charge is -2.15. The molecule has 1 aliphatic heterocycles. The fourth-order valence-electron chi connectivity index (χ4n) is 2.61. The van der Waals surface area contributed by atoms with E-state index in [9.17, 15) is 9.90 Å². The van der Waals surface area contributed by atoms with Gasteiger partial charge in [-0.2, -0.15) is 0 Å². The number of hydrogen-bond acceptors (Lipinski definition) is 3. The van der Waals surface area contributed by atoms with E-state index < -0.39 is 5.97 Å². The van der Waals surface area contributed by atoms with Gasteiger partial charge in [0.05, 0.1) is 5.56 Å². The molecular formula is C15H22N2O2. The lowest BCUT2D eigenvalue weighted by molar-refractivity contribution is 0.0698. The van der Waals surface area contributed by atoms with Gasteiger partial charge in [-0.05, 0) is 44.5 Å². The van der Waals surface area contributed by atoms with E-state index in [-0.39, 0.29) is 0 Å². The smallest absolute Gasteiger partial charge is 0.337 e. The summed E-state index contributed by atoms with van der Waals surface area (Å²) in [6, 6.07) is 5.53. The van der Waals surface area contributed by atoms with Gasteiger partial charge in [-0.25, -0.2) is 4.79 Å². The van der Waals surface area contributed by atoms with E-state index in [4.69, 9.17) is 0 Å². The van der Waals surface area contributed by atoms with Crippen molar-refractivity contribution in [3.05, 3.63) is 29.3 Å². The van der Waals surface area contributed by atoms with Gasteiger partial charge in [0.1, 0.15) is 0 Å². The Morgan fingerprint density at radius 2 is 2.32 bits per heavy atom. The van der Waals surface area contributed by atoms with Crippen LogP contribution in [0.15, 0.2) is 18.2 Å². The molecular weight excluding hydrogens is 240 g/mol. The summed E-state index contributed by atoms with van der Waals surface area (Å²) in [5, 5.41) is 12.5. The lowest BCUT2D eigenvalue weighted by atomic mass is 10.1. The number of carbonyl (C=O) groups is 1. The van der Waals surface area contributed by atoms with Gasteiger partial charge in [0.2, 0.25) is 0 Å². The third-order valence-corrected chi connectivity index (χ3v) is 3.80. The predicted molar refractivity (Wildman–Crippen MR) is 76.8 cm³/mol. The maximum absolute atomic E-state index is 11.2. The molecule has 104 valence electrons. The van der Waals surface area contributed by atoms with Crippen molar-refractivity contribution in [2.24, 2.45) is 5.92 Å². The fraction of sp³-hybridized carbons (Fsp3) is 0.533. The maximum Gasteiger partial charge on any atom is 0.337 e. The topological polar surface area (TPSA) is 52.6 Å². The number of benzene rings is 1. The van der Waals surface area contributed by atoms with Crippen molar-refractivity contribution in [3.8, 4) is 0 Å². The number of carboxylic acid groups (broad SMARTS) is 1. The summed E-state index contributed by atoms with van der Waals surface area (Å²) in [6.45, 7) is 8.30. The van der Waals surface area contributed by atoms with Gasteiger partial charge in [0.15, 0.2) is 0 Å². The molecule has 1 fully saturated rings. The molecule has 2 N–H and O–H groups in total. The summed E-state index contributed by atoms with van der Waals surface area (Å²) in [5.41, 5.74) is 2.07. The first kappa shape index (κ1) is 13.9. The fourth-order valence-corrected chi connectivity index (χ4v) is 2.61. The minimum Gasteiger partial charge on any atom is -0.478 e. The van der Waals surface area contributed by atoms with Crippen molar-refractivity contribution in [1.29, 1.82) is 0 Å². The van der Waals surface area contributed by atoms with E-state index in [0.717, 1.165) is 37.4 Å². The molecule has 0 bridgehead atoms. The van der Waals surface area contributed by atoms with Crippen LogP contribution in [-0.2, 0) is 0 Å². The molecule has 1 aromatic carbocycles. The second kappa shape index (κ2) is 6.06. The number of rotatable bonds is 5. The van der Waals surface area contributed by atoms with Crippen molar-refractivity contribution in [2.75, 3.05) is 31.5 Å². The molecule has 19 heavy (non-hydrogen) atoms. The van der Waals surface area contributed by atoms with Crippen LogP contribution < -0.4 is 5.32 Å². The Labute approximate surface area is 114 Å². The molecule has 0 aliphatic carbocycles. The number of nitrogens with zero attached hydrogens (tertiary/aromatic N) is 1. The highest BCUT2D eigenvalue weighted by atomic mass is 16.4. The summed E-state index contributed by atoms with van der Waals surface area (Å²) >= 11 is 0. The minimum absolute atomic E-state index is 0.366. The molecule has 1 aliphatic rings. The van der Waals surface area contributed by atoms with Gasteiger partial charge in [-0.15, -0.1) is 0 Å². The first-order valence-corrected chi connectivity index (χ1v) is 6.90. The van der Waals surface area contributed by atoms with E-state index in [0.29, 0.717) is 11.5 Å². The van der Waals surface area contributed by atoms with E-state index in [1.807, 2.05) is 19.1 Å². The van der Waals surface area contributed by atoms with Crippen LogP contribution in [-0.4, -0.2) is 42.2 Å². The van der Waals surface area contributed by atoms with E-state index in [2.05, 4.69) is 17.1 Å². The number of anilines is 1. The molecule has 1 saturated heterocycles. The molecule has 1 unspecified atom stereocenters. The van der Waals surface area contributed by atoms with Crippen LogP contribution in [0.25, 0.3) is 0 Å². The van der Waals surface area contributed by atoms with Crippen molar-refractivity contribution in [1.82, 2.24) is 4.90 Å². The number of carboxylic acids is 1. The maximum atomic E-state index is 11.2. The lowest BCUT2D eigenvalue weighted by Crippen LogP contribution is -2.22. The Morgan fingerprint density at radius 1 is 1.53 bits per heavy atom. The molecule has 0 amide bonds. The molecule has 4 heteroatoms. The van der Waals surface area contributed by atoms with E-state index in [1.165, 1.54) is 6.42 Å². The summed E-state index contributed by atoms with van der Waals surface area (Å²) in [5.74, 6) is -0.254. The number of aromatic carboxylic acids is 1. The van der Waals surface area contributed by atoms with Crippen molar-refractivity contribution in [3.63, 3.8) is 0 Å². The van der Waals surface area contributed by atoms with Gasteiger partial charge in [-0.1, -0.05) is 18.6 Å². The van der Waals surface area contributed by atoms with Gasteiger partial charge >= 0.3 is 5.97 Å². The quantitative estimate of drug-likeness (QED) is 0.856. The van der Waals surface area contributed by atoms with E-state index >= 15 is 0 Å². The molecule has 0 radical (unpaired) electrons. The zero-order valence-corrected chi connectivity index (χ0v) is 11.6. The molecule has 4 nitrogen and oxygen atoms in total. The molecule has 0 spiro atoms. The highest BCUT2D eigenvalue weighted by Gasteiger charge is 2.21. The predicted octanol–water partition coefficient (Wildman–Crippen LogP) is 2.45. The van der Waals surface area contributed by atoms with Gasteiger partial charge in [0.25, 0.3) is 0 Å². The van der Waals surface area contributed by atoms with Crippen LogP contribution in [0, 0.1) is 12.8 Å². The monoisotopic (exact) mass is 262 g/mol. The summed E-state index contributed by atoms with van der Waals surface area (Å²) < 4.78 is 0. The van der Waals surface area contributed by atoms with Crippen LogP contribution in [0.4, 0.5) is 5.69 Å².